The third kappa shape index (κ3) is 4.68. The van der Waals surface area contributed by atoms with Crippen molar-refractivity contribution in [3.63, 3.8) is 0 Å². The molecule has 0 aliphatic heterocycles. The summed E-state index contributed by atoms with van der Waals surface area (Å²) < 4.78 is 0. The highest BCUT2D eigenvalue weighted by atomic mass is 35.5. The van der Waals surface area contributed by atoms with Crippen LogP contribution in [0.3, 0.4) is 0 Å². The maximum atomic E-state index is 6.26. The SMILES string of the molecule is CC(C)(C)CC(Cl)Cc1cccs1. The molecule has 0 aliphatic rings. The highest BCUT2D eigenvalue weighted by molar-refractivity contribution is 7.09. The average molecular weight is 217 g/mol. The lowest BCUT2D eigenvalue weighted by Crippen LogP contribution is -2.14. The first-order valence-electron chi connectivity index (χ1n) is 4.64. The summed E-state index contributed by atoms with van der Waals surface area (Å²) in [6, 6.07) is 4.24. The first-order chi connectivity index (χ1) is 5.97. The van der Waals surface area contributed by atoms with Gasteiger partial charge in [0.2, 0.25) is 0 Å². The molecule has 1 rings (SSSR count). The van der Waals surface area contributed by atoms with Crippen molar-refractivity contribution in [3.8, 4) is 0 Å². The molecule has 1 heterocycles. The third-order valence-corrected chi connectivity index (χ3v) is 3.04. The van der Waals surface area contributed by atoms with Gasteiger partial charge in [-0.1, -0.05) is 26.8 Å². The molecule has 74 valence electrons. The zero-order valence-electron chi connectivity index (χ0n) is 8.51. The van der Waals surface area contributed by atoms with Crippen LogP contribution in [-0.2, 0) is 6.42 Å². The van der Waals surface area contributed by atoms with Gasteiger partial charge in [0, 0.05) is 10.3 Å². The van der Waals surface area contributed by atoms with Crippen LogP contribution in [-0.4, -0.2) is 5.38 Å². The summed E-state index contributed by atoms with van der Waals surface area (Å²) in [4.78, 5) is 1.39. The van der Waals surface area contributed by atoms with Crippen LogP contribution >= 0.6 is 22.9 Å². The summed E-state index contributed by atoms with van der Waals surface area (Å²) in [7, 11) is 0. The fourth-order valence-electron chi connectivity index (χ4n) is 1.38. The van der Waals surface area contributed by atoms with E-state index in [9.17, 15) is 0 Å². The van der Waals surface area contributed by atoms with Gasteiger partial charge in [-0.05, 0) is 29.7 Å². The lowest BCUT2D eigenvalue weighted by atomic mass is 9.89. The molecule has 0 saturated carbocycles. The molecular weight excluding hydrogens is 200 g/mol. The van der Waals surface area contributed by atoms with Crippen molar-refractivity contribution in [2.24, 2.45) is 5.41 Å². The molecule has 0 fully saturated rings. The van der Waals surface area contributed by atoms with Gasteiger partial charge in [0.15, 0.2) is 0 Å². The second-order valence-electron chi connectivity index (χ2n) is 4.65. The van der Waals surface area contributed by atoms with E-state index < -0.39 is 0 Å². The van der Waals surface area contributed by atoms with Gasteiger partial charge in [-0.15, -0.1) is 22.9 Å². The van der Waals surface area contributed by atoms with E-state index in [0.29, 0.717) is 5.41 Å². The quantitative estimate of drug-likeness (QED) is 0.660. The molecule has 0 aliphatic carbocycles. The lowest BCUT2D eigenvalue weighted by molar-refractivity contribution is 0.369. The van der Waals surface area contributed by atoms with E-state index in [2.05, 4.69) is 38.3 Å². The molecule has 0 nitrogen and oxygen atoms in total. The summed E-state index contributed by atoms with van der Waals surface area (Å²) >= 11 is 8.06. The van der Waals surface area contributed by atoms with Crippen LogP contribution in [0.1, 0.15) is 32.1 Å². The predicted molar refractivity (Wildman–Crippen MR) is 61.7 cm³/mol. The van der Waals surface area contributed by atoms with E-state index in [0.717, 1.165) is 12.8 Å². The van der Waals surface area contributed by atoms with Crippen LogP contribution in [0.2, 0.25) is 0 Å². The summed E-state index contributed by atoms with van der Waals surface area (Å²) in [5.74, 6) is 0. The molecular formula is C11H17ClS. The molecule has 1 aromatic heterocycles. The van der Waals surface area contributed by atoms with E-state index in [1.54, 1.807) is 11.3 Å². The Balaban J connectivity index is 2.38. The number of rotatable bonds is 3. The van der Waals surface area contributed by atoms with Crippen LogP contribution in [0.25, 0.3) is 0 Å². The van der Waals surface area contributed by atoms with E-state index in [-0.39, 0.29) is 5.38 Å². The highest BCUT2D eigenvalue weighted by Gasteiger charge is 2.17. The Morgan fingerprint density at radius 3 is 2.62 bits per heavy atom. The van der Waals surface area contributed by atoms with Gasteiger partial charge >= 0.3 is 0 Å². The summed E-state index contributed by atoms with van der Waals surface area (Å²) in [5.41, 5.74) is 0.337. The largest absolute Gasteiger partial charge is 0.149 e. The number of thiophene rings is 1. The van der Waals surface area contributed by atoms with E-state index in [4.69, 9.17) is 11.6 Å². The number of hydrogen-bond donors (Lipinski definition) is 0. The number of alkyl halides is 1. The van der Waals surface area contributed by atoms with Crippen LogP contribution in [0.15, 0.2) is 17.5 Å². The van der Waals surface area contributed by atoms with Gasteiger partial charge in [-0.2, -0.15) is 0 Å². The summed E-state index contributed by atoms with van der Waals surface area (Å²) in [6.45, 7) is 6.70. The van der Waals surface area contributed by atoms with E-state index in [1.807, 2.05) is 0 Å². The zero-order chi connectivity index (χ0) is 9.90. The molecule has 1 aromatic rings. The van der Waals surface area contributed by atoms with Gasteiger partial charge in [0.05, 0.1) is 0 Å². The van der Waals surface area contributed by atoms with Crippen molar-refractivity contribution in [1.29, 1.82) is 0 Å². The first-order valence-corrected chi connectivity index (χ1v) is 5.95. The Morgan fingerprint density at radius 1 is 1.46 bits per heavy atom. The van der Waals surface area contributed by atoms with Crippen molar-refractivity contribution >= 4 is 22.9 Å². The van der Waals surface area contributed by atoms with E-state index >= 15 is 0 Å². The lowest BCUT2D eigenvalue weighted by Gasteiger charge is -2.21. The molecule has 0 radical (unpaired) electrons. The first kappa shape index (κ1) is 11.1. The fraction of sp³-hybridized carbons (Fsp3) is 0.636. The van der Waals surface area contributed by atoms with Gasteiger partial charge in [-0.25, -0.2) is 0 Å². The van der Waals surface area contributed by atoms with Gasteiger partial charge in [0.1, 0.15) is 0 Å². The molecule has 0 bridgehead atoms. The number of hydrogen-bond acceptors (Lipinski definition) is 1. The Bertz CT molecular complexity index is 233. The molecule has 0 saturated heterocycles. The minimum atomic E-state index is 0.277. The second kappa shape index (κ2) is 4.47. The second-order valence-corrected chi connectivity index (χ2v) is 6.30. The predicted octanol–water partition coefficient (Wildman–Crippen LogP) is 4.33. The van der Waals surface area contributed by atoms with Crippen LogP contribution in [0, 0.1) is 5.41 Å². The van der Waals surface area contributed by atoms with Crippen molar-refractivity contribution in [2.45, 2.75) is 39.0 Å². The molecule has 0 spiro atoms. The third-order valence-electron chi connectivity index (χ3n) is 1.84. The average Bonchev–Trinajstić information content (AvgIpc) is 2.34. The molecule has 0 amide bonds. The summed E-state index contributed by atoms with van der Waals surface area (Å²) in [5, 5.41) is 2.38. The van der Waals surface area contributed by atoms with Crippen LogP contribution in [0.5, 0.6) is 0 Å². The van der Waals surface area contributed by atoms with Crippen molar-refractivity contribution in [3.05, 3.63) is 22.4 Å². The number of halogens is 1. The van der Waals surface area contributed by atoms with Crippen LogP contribution < -0.4 is 0 Å². The molecule has 1 unspecified atom stereocenters. The smallest absolute Gasteiger partial charge is 0.0389 e. The molecule has 1 atom stereocenters. The maximum Gasteiger partial charge on any atom is 0.0389 e. The van der Waals surface area contributed by atoms with Gasteiger partial charge in [-0.3, -0.25) is 0 Å². The molecule has 13 heavy (non-hydrogen) atoms. The Morgan fingerprint density at radius 2 is 2.15 bits per heavy atom. The normalized spacial score (nSPS) is 14.5. The Kier molecular flexibility index (Phi) is 3.81. The highest BCUT2D eigenvalue weighted by Crippen LogP contribution is 2.26. The van der Waals surface area contributed by atoms with Crippen LogP contribution in [0.4, 0.5) is 0 Å². The van der Waals surface area contributed by atoms with Gasteiger partial charge in [0.25, 0.3) is 0 Å². The molecule has 2 heteroatoms. The minimum absolute atomic E-state index is 0.277. The monoisotopic (exact) mass is 216 g/mol. The minimum Gasteiger partial charge on any atom is -0.149 e. The molecule has 0 aromatic carbocycles. The van der Waals surface area contributed by atoms with Crippen molar-refractivity contribution in [2.75, 3.05) is 0 Å². The topological polar surface area (TPSA) is 0 Å². The standard InChI is InChI=1S/C11H17ClS/c1-11(2,3)8-9(12)7-10-5-4-6-13-10/h4-6,9H,7-8H2,1-3H3. The Hall–Kier alpha value is -0.0100. The summed E-state index contributed by atoms with van der Waals surface area (Å²) in [6.07, 6.45) is 2.09. The zero-order valence-corrected chi connectivity index (χ0v) is 10.1. The maximum absolute atomic E-state index is 6.26. The van der Waals surface area contributed by atoms with Gasteiger partial charge < -0.3 is 0 Å². The van der Waals surface area contributed by atoms with E-state index in [1.165, 1.54) is 4.88 Å². The molecule has 0 N–H and O–H groups in total. The fourth-order valence-corrected chi connectivity index (χ4v) is 2.89. The van der Waals surface area contributed by atoms with Crippen molar-refractivity contribution in [1.82, 2.24) is 0 Å². The van der Waals surface area contributed by atoms with Crippen molar-refractivity contribution < 1.29 is 0 Å². The Labute approximate surface area is 89.9 Å².